The first-order valence-corrected chi connectivity index (χ1v) is 4.62. The fourth-order valence-electron chi connectivity index (χ4n) is 1.70. The van der Waals surface area contributed by atoms with E-state index in [0.29, 0.717) is 6.04 Å². The second kappa shape index (κ2) is 3.47. The lowest BCUT2D eigenvalue weighted by Gasteiger charge is -2.12. The molecule has 2 rings (SSSR count). The maximum absolute atomic E-state index is 5.81. The Morgan fingerprint density at radius 1 is 1.77 bits per heavy atom. The van der Waals surface area contributed by atoms with E-state index in [4.69, 9.17) is 10.2 Å². The highest BCUT2D eigenvalue weighted by Gasteiger charge is 2.20. The monoisotopic (exact) mass is 181 g/mol. The molecule has 1 atom stereocenters. The molecule has 1 aromatic rings. The van der Waals surface area contributed by atoms with Crippen molar-refractivity contribution in [1.82, 2.24) is 9.88 Å². The van der Waals surface area contributed by atoms with Crippen LogP contribution in [0.4, 0.5) is 0 Å². The quantitative estimate of drug-likeness (QED) is 0.722. The molecular formula is C9H15N3O. The fourth-order valence-corrected chi connectivity index (χ4v) is 1.70. The van der Waals surface area contributed by atoms with E-state index in [1.54, 1.807) is 0 Å². The predicted molar refractivity (Wildman–Crippen MR) is 49.1 cm³/mol. The summed E-state index contributed by atoms with van der Waals surface area (Å²) in [6.45, 7) is 4.87. The van der Waals surface area contributed by atoms with Crippen molar-refractivity contribution in [1.29, 1.82) is 0 Å². The number of nitrogens with two attached hydrogens (primary N) is 1. The van der Waals surface area contributed by atoms with Crippen molar-refractivity contribution in [3.63, 3.8) is 0 Å². The molecule has 4 nitrogen and oxygen atoms in total. The van der Waals surface area contributed by atoms with Gasteiger partial charge in [-0.05, 0) is 13.3 Å². The van der Waals surface area contributed by atoms with E-state index in [1.165, 1.54) is 6.39 Å². The van der Waals surface area contributed by atoms with Gasteiger partial charge in [-0.3, -0.25) is 4.90 Å². The highest BCUT2D eigenvalue weighted by Crippen LogP contribution is 2.13. The zero-order valence-corrected chi connectivity index (χ0v) is 7.86. The van der Waals surface area contributed by atoms with Crippen LogP contribution in [0.5, 0.6) is 0 Å². The smallest absolute Gasteiger partial charge is 0.181 e. The Hall–Kier alpha value is -0.870. The van der Waals surface area contributed by atoms with Gasteiger partial charge in [0.25, 0.3) is 0 Å². The van der Waals surface area contributed by atoms with Gasteiger partial charge in [-0.1, -0.05) is 0 Å². The molecule has 2 N–H and O–H groups in total. The molecule has 0 unspecified atom stereocenters. The molecule has 1 saturated heterocycles. The topological polar surface area (TPSA) is 55.3 Å². The summed E-state index contributed by atoms with van der Waals surface area (Å²) in [5.74, 6) is 0.917. The molecular weight excluding hydrogens is 166 g/mol. The molecule has 72 valence electrons. The highest BCUT2D eigenvalue weighted by molar-refractivity contribution is 5.04. The van der Waals surface area contributed by atoms with Crippen molar-refractivity contribution >= 4 is 0 Å². The van der Waals surface area contributed by atoms with Gasteiger partial charge in [0.05, 0.1) is 5.69 Å². The first kappa shape index (κ1) is 8.72. The van der Waals surface area contributed by atoms with E-state index in [-0.39, 0.29) is 0 Å². The SMILES string of the molecule is Cc1ocnc1CN1CC[C@H](N)C1. The molecule has 0 spiro atoms. The van der Waals surface area contributed by atoms with Crippen LogP contribution in [0, 0.1) is 6.92 Å². The average Bonchev–Trinajstić information content (AvgIpc) is 2.64. The number of aryl methyl sites for hydroxylation is 1. The summed E-state index contributed by atoms with van der Waals surface area (Å²) in [6, 6.07) is 0.340. The molecule has 1 aliphatic heterocycles. The van der Waals surface area contributed by atoms with Crippen LogP contribution in [-0.2, 0) is 6.54 Å². The number of nitrogens with zero attached hydrogens (tertiary/aromatic N) is 2. The molecule has 0 aromatic carbocycles. The summed E-state index contributed by atoms with van der Waals surface area (Å²) in [7, 11) is 0. The van der Waals surface area contributed by atoms with E-state index < -0.39 is 0 Å². The molecule has 0 bridgehead atoms. The molecule has 0 saturated carbocycles. The van der Waals surface area contributed by atoms with Crippen LogP contribution in [0.2, 0.25) is 0 Å². The van der Waals surface area contributed by atoms with Gasteiger partial charge in [-0.15, -0.1) is 0 Å². The van der Waals surface area contributed by atoms with E-state index in [2.05, 4.69) is 9.88 Å². The Morgan fingerprint density at radius 2 is 2.62 bits per heavy atom. The van der Waals surface area contributed by atoms with Gasteiger partial charge in [0.2, 0.25) is 0 Å². The number of oxazole rings is 1. The third-order valence-corrected chi connectivity index (χ3v) is 2.53. The summed E-state index contributed by atoms with van der Waals surface area (Å²) in [4.78, 5) is 6.47. The molecule has 1 aromatic heterocycles. The molecule has 4 heteroatoms. The Labute approximate surface area is 77.7 Å². The maximum atomic E-state index is 5.81. The van der Waals surface area contributed by atoms with Crippen molar-refractivity contribution in [3.8, 4) is 0 Å². The van der Waals surface area contributed by atoms with E-state index in [9.17, 15) is 0 Å². The van der Waals surface area contributed by atoms with Crippen molar-refractivity contribution in [3.05, 3.63) is 17.8 Å². The van der Waals surface area contributed by atoms with E-state index in [1.807, 2.05) is 6.92 Å². The van der Waals surface area contributed by atoms with Crippen LogP contribution in [0.15, 0.2) is 10.8 Å². The number of hydrogen-bond donors (Lipinski definition) is 1. The number of aromatic nitrogens is 1. The Morgan fingerprint density at radius 3 is 3.15 bits per heavy atom. The average molecular weight is 181 g/mol. The Bertz CT molecular complexity index is 284. The van der Waals surface area contributed by atoms with Crippen molar-refractivity contribution in [2.75, 3.05) is 13.1 Å². The van der Waals surface area contributed by atoms with Gasteiger partial charge in [0.15, 0.2) is 6.39 Å². The summed E-state index contributed by atoms with van der Waals surface area (Å²) in [5.41, 5.74) is 6.84. The highest BCUT2D eigenvalue weighted by atomic mass is 16.3. The van der Waals surface area contributed by atoms with Crippen molar-refractivity contribution in [2.24, 2.45) is 5.73 Å². The minimum atomic E-state index is 0.340. The van der Waals surface area contributed by atoms with Crippen LogP contribution in [0.1, 0.15) is 17.9 Å². The van der Waals surface area contributed by atoms with Crippen molar-refractivity contribution < 1.29 is 4.42 Å². The number of rotatable bonds is 2. The van der Waals surface area contributed by atoms with Crippen LogP contribution in [-0.4, -0.2) is 29.0 Å². The minimum absolute atomic E-state index is 0.340. The van der Waals surface area contributed by atoms with Gasteiger partial charge in [-0.2, -0.15) is 0 Å². The molecule has 13 heavy (non-hydrogen) atoms. The summed E-state index contributed by atoms with van der Waals surface area (Å²) in [6.07, 6.45) is 2.59. The zero-order valence-electron chi connectivity index (χ0n) is 7.86. The molecule has 0 aliphatic carbocycles. The second-order valence-corrected chi connectivity index (χ2v) is 3.64. The van der Waals surface area contributed by atoms with Crippen molar-refractivity contribution in [2.45, 2.75) is 25.9 Å². The van der Waals surface area contributed by atoms with Gasteiger partial charge in [0.1, 0.15) is 5.76 Å². The lowest BCUT2D eigenvalue weighted by molar-refractivity contribution is 0.321. The molecule has 1 aliphatic rings. The number of likely N-dealkylation sites (tertiary alicyclic amines) is 1. The van der Waals surface area contributed by atoms with Gasteiger partial charge in [-0.25, -0.2) is 4.98 Å². The predicted octanol–water partition coefficient (Wildman–Crippen LogP) is 0.516. The first-order chi connectivity index (χ1) is 6.25. The molecule has 0 amide bonds. The number of hydrogen-bond acceptors (Lipinski definition) is 4. The first-order valence-electron chi connectivity index (χ1n) is 4.62. The van der Waals surface area contributed by atoms with Crippen LogP contribution in [0.3, 0.4) is 0 Å². The largest absolute Gasteiger partial charge is 0.448 e. The maximum Gasteiger partial charge on any atom is 0.181 e. The zero-order chi connectivity index (χ0) is 9.26. The lowest BCUT2D eigenvalue weighted by Crippen LogP contribution is -2.26. The fraction of sp³-hybridized carbons (Fsp3) is 0.667. The third kappa shape index (κ3) is 1.89. The third-order valence-electron chi connectivity index (χ3n) is 2.53. The van der Waals surface area contributed by atoms with E-state index >= 15 is 0 Å². The van der Waals surface area contributed by atoms with Gasteiger partial charge < -0.3 is 10.2 Å². The normalized spacial score (nSPS) is 24.0. The minimum Gasteiger partial charge on any atom is -0.448 e. The summed E-state index contributed by atoms with van der Waals surface area (Å²) < 4.78 is 5.13. The van der Waals surface area contributed by atoms with Crippen LogP contribution < -0.4 is 5.73 Å². The Balaban J connectivity index is 1.95. The van der Waals surface area contributed by atoms with Crippen LogP contribution in [0.25, 0.3) is 0 Å². The summed E-state index contributed by atoms with van der Waals surface area (Å²) >= 11 is 0. The molecule has 0 radical (unpaired) electrons. The van der Waals surface area contributed by atoms with Gasteiger partial charge in [0, 0.05) is 25.7 Å². The van der Waals surface area contributed by atoms with E-state index in [0.717, 1.165) is 37.5 Å². The summed E-state index contributed by atoms with van der Waals surface area (Å²) in [5, 5.41) is 0. The van der Waals surface area contributed by atoms with Crippen LogP contribution >= 0.6 is 0 Å². The Kier molecular flexibility index (Phi) is 2.33. The molecule has 1 fully saturated rings. The second-order valence-electron chi connectivity index (χ2n) is 3.64. The lowest BCUT2D eigenvalue weighted by atomic mass is 10.3. The standard InChI is InChI=1S/C9H15N3O/c1-7-9(11-6-13-7)5-12-3-2-8(10)4-12/h6,8H,2-5,10H2,1H3/t8-/m0/s1. The van der Waals surface area contributed by atoms with Gasteiger partial charge >= 0.3 is 0 Å². The molecule has 2 heterocycles.